The Labute approximate surface area is 126 Å². The van der Waals surface area contributed by atoms with Gasteiger partial charge in [0.2, 0.25) is 0 Å². The minimum atomic E-state index is -4.39. The number of rotatable bonds is 1. The lowest BCUT2D eigenvalue weighted by Gasteiger charge is -2.09. The normalized spacial score (nSPS) is 11.7. The number of halogens is 5. The molecule has 1 aromatic heterocycles. The molecule has 0 unspecified atom stereocenters. The molecule has 0 radical (unpaired) electrons. The van der Waals surface area contributed by atoms with Crippen molar-refractivity contribution in [3.8, 4) is 11.4 Å². The molecule has 0 aliphatic heterocycles. The van der Waals surface area contributed by atoms with Crippen molar-refractivity contribution in [3.63, 3.8) is 0 Å². The summed E-state index contributed by atoms with van der Waals surface area (Å²) < 4.78 is 38.6. The molecule has 0 aliphatic carbocycles. The van der Waals surface area contributed by atoms with Crippen LogP contribution in [0.5, 0.6) is 0 Å². The summed E-state index contributed by atoms with van der Waals surface area (Å²) in [5.74, 6) is 0.189. The fourth-order valence-electron chi connectivity index (χ4n) is 1.49. The highest BCUT2D eigenvalue weighted by Gasteiger charge is 2.30. The molecule has 0 bridgehead atoms. The molecule has 19 heavy (non-hydrogen) atoms. The van der Waals surface area contributed by atoms with E-state index in [2.05, 4.69) is 9.97 Å². The Morgan fingerprint density at radius 1 is 1.21 bits per heavy atom. The maximum Gasteiger partial charge on any atom is 0.416 e. The molecule has 0 amide bonds. The van der Waals surface area contributed by atoms with Gasteiger partial charge in [-0.05, 0) is 41.6 Å². The third kappa shape index (κ3) is 3.17. The van der Waals surface area contributed by atoms with Gasteiger partial charge in [-0.2, -0.15) is 13.2 Å². The van der Waals surface area contributed by atoms with Crippen molar-refractivity contribution in [1.82, 2.24) is 9.97 Å². The van der Waals surface area contributed by atoms with Crippen LogP contribution in [0, 0.1) is 10.5 Å². The van der Waals surface area contributed by atoms with Gasteiger partial charge in [0.25, 0.3) is 0 Å². The topological polar surface area (TPSA) is 25.8 Å². The molecular formula is C12H7ClF3IN2. The Kier molecular flexibility index (Phi) is 4.00. The molecule has 0 spiro atoms. The van der Waals surface area contributed by atoms with Crippen molar-refractivity contribution in [2.45, 2.75) is 13.1 Å². The summed E-state index contributed by atoms with van der Waals surface area (Å²) in [6, 6.07) is 4.86. The van der Waals surface area contributed by atoms with Crippen LogP contribution in [0.3, 0.4) is 0 Å². The predicted octanol–water partition coefficient (Wildman–Crippen LogP) is 4.73. The van der Waals surface area contributed by atoms with E-state index in [4.69, 9.17) is 11.6 Å². The number of hydrogen-bond acceptors (Lipinski definition) is 2. The van der Waals surface area contributed by atoms with Crippen molar-refractivity contribution < 1.29 is 13.2 Å². The first-order valence-corrected chi connectivity index (χ1v) is 6.62. The van der Waals surface area contributed by atoms with Gasteiger partial charge in [0.15, 0.2) is 5.82 Å². The SMILES string of the molecule is Cc1nc(-c2cccc(C(F)(F)F)c2)nc(Cl)c1I. The summed E-state index contributed by atoms with van der Waals surface area (Å²) in [6.07, 6.45) is -4.39. The Balaban J connectivity index is 2.54. The summed E-state index contributed by atoms with van der Waals surface area (Å²) in [5.41, 5.74) is 0.185. The number of alkyl halides is 3. The second-order valence-electron chi connectivity index (χ2n) is 3.82. The van der Waals surface area contributed by atoms with Crippen LogP contribution in [0.2, 0.25) is 5.15 Å². The van der Waals surface area contributed by atoms with Gasteiger partial charge in [-0.3, -0.25) is 0 Å². The first-order valence-electron chi connectivity index (χ1n) is 5.16. The van der Waals surface area contributed by atoms with Crippen molar-refractivity contribution in [3.05, 3.63) is 44.2 Å². The van der Waals surface area contributed by atoms with E-state index < -0.39 is 11.7 Å². The first-order chi connectivity index (χ1) is 8.79. The third-order valence-corrected chi connectivity index (χ3v) is 4.31. The van der Waals surface area contributed by atoms with Crippen LogP contribution in [0.25, 0.3) is 11.4 Å². The van der Waals surface area contributed by atoms with Crippen LogP contribution in [-0.4, -0.2) is 9.97 Å². The van der Waals surface area contributed by atoms with Crippen molar-refractivity contribution >= 4 is 34.2 Å². The number of aromatic nitrogens is 2. The molecule has 0 N–H and O–H groups in total. The zero-order valence-corrected chi connectivity index (χ0v) is 12.5. The van der Waals surface area contributed by atoms with Gasteiger partial charge in [0, 0.05) is 5.56 Å². The second kappa shape index (κ2) is 5.24. The lowest BCUT2D eigenvalue weighted by Crippen LogP contribution is -2.05. The summed E-state index contributed by atoms with van der Waals surface area (Å²) in [4.78, 5) is 8.16. The highest BCUT2D eigenvalue weighted by molar-refractivity contribution is 14.1. The number of benzene rings is 1. The minimum Gasteiger partial charge on any atom is -0.232 e. The van der Waals surface area contributed by atoms with Crippen molar-refractivity contribution in [2.24, 2.45) is 0 Å². The molecule has 0 fully saturated rings. The third-order valence-electron chi connectivity index (χ3n) is 2.42. The zero-order valence-electron chi connectivity index (χ0n) is 9.59. The lowest BCUT2D eigenvalue weighted by molar-refractivity contribution is -0.137. The van der Waals surface area contributed by atoms with E-state index >= 15 is 0 Å². The first kappa shape index (κ1) is 14.5. The minimum absolute atomic E-state index is 0.189. The van der Waals surface area contributed by atoms with E-state index in [0.717, 1.165) is 12.1 Å². The fourth-order valence-corrected chi connectivity index (χ4v) is 1.95. The average Bonchev–Trinajstić information content (AvgIpc) is 2.34. The Morgan fingerprint density at radius 2 is 1.89 bits per heavy atom. The van der Waals surface area contributed by atoms with Gasteiger partial charge in [-0.15, -0.1) is 0 Å². The van der Waals surface area contributed by atoms with Crippen LogP contribution >= 0.6 is 34.2 Å². The second-order valence-corrected chi connectivity index (χ2v) is 5.25. The molecule has 0 saturated heterocycles. The Hall–Kier alpha value is -0.890. The van der Waals surface area contributed by atoms with Gasteiger partial charge in [0.05, 0.1) is 14.8 Å². The number of nitrogens with zero attached hydrogens (tertiary/aromatic N) is 2. The van der Waals surface area contributed by atoms with Crippen molar-refractivity contribution in [2.75, 3.05) is 0 Å². The van der Waals surface area contributed by atoms with Gasteiger partial charge < -0.3 is 0 Å². The molecule has 2 nitrogen and oxygen atoms in total. The van der Waals surface area contributed by atoms with Gasteiger partial charge in [0.1, 0.15) is 5.15 Å². The molecule has 0 saturated carbocycles. The summed E-state index contributed by atoms with van der Waals surface area (Å²) >= 11 is 7.91. The van der Waals surface area contributed by atoms with E-state index in [9.17, 15) is 13.2 Å². The van der Waals surface area contributed by atoms with Crippen LogP contribution in [0.4, 0.5) is 13.2 Å². The van der Waals surface area contributed by atoms with Gasteiger partial charge in [-0.25, -0.2) is 9.97 Å². The molecule has 2 rings (SSSR count). The van der Waals surface area contributed by atoms with Crippen molar-refractivity contribution in [1.29, 1.82) is 0 Å². The molecule has 1 heterocycles. The fraction of sp³-hybridized carbons (Fsp3) is 0.167. The largest absolute Gasteiger partial charge is 0.416 e. The summed E-state index contributed by atoms with van der Waals surface area (Å²) in [5, 5.41) is 0.237. The highest BCUT2D eigenvalue weighted by atomic mass is 127. The number of hydrogen-bond donors (Lipinski definition) is 0. The molecule has 0 aliphatic rings. The summed E-state index contributed by atoms with van der Waals surface area (Å²) in [6.45, 7) is 1.73. The molecule has 2 aromatic rings. The van der Waals surface area contributed by atoms with E-state index in [1.165, 1.54) is 12.1 Å². The lowest BCUT2D eigenvalue weighted by atomic mass is 10.1. The molecule has 0 atom stereocenters. The predicted molar refractivity (Wildman–Crippen MR) is 74.9 cm³/mol. The van der Waals surface area contributed by atoms with Gasteiger partial charge >= 0.3 is 6.18 Å². The van der Waals surface area contributed by atoms with E-state index in [1.54, 1.807) is 6.92 Å². The van der Waals surface area contributed by atoms with E-state index in [-0.39, 0.29) is 16.5 Å². The maximum absolute atomic E-state index is 12.6. The molecule has 7 heteroatoms. The van der Waals surface area contributed by atoms with Crippen LogP contribution in [0.1, 0.15) is 11.3 Å². The molecule has 1 aromatic carbocycles. The maximum atomic E-state index is 12.6. The Bertz CT molecular complexity index is 606. The monoisotopic (exact) mass is 398 g/mol. The van der Waals surface area contributed by atoms with E-state index in [1.807, 2.05) is 22.6 Å². The van der Waals surface area contributed by atoms with Crippen LogP contribution in [-0.2, 0) is 6.18 Å². The summed E-state index contributed by atoms with van der Waals surface area (Å²) in [7, 11) is 0. The molecular weight excluding hydrogens is 391 g/mol. The quantitative estimate of drug-likeness (QED) is 0.513. The average molecular weight is 399 g/mol. The number of aryl methyl sites for hydroxylation is 1. The van der Waals surface area contributed by atoms with Crippen LogP contribution < -0.4 is 0 Å². The highest BCUT2D eigenvalue weighted by Crippen LogP contribution is 2.32. The smallest absolute Gasteiger partial charge is 0.232 e. The van der Waals surface area contributed by atoms with E-state index in [0.29, 0.717) is 9.26 Å². The van der Waals surface area contributed by atoms with Gasteiger partial charge in [-0.1, -0.05) is 23.7 Å². The molecule has 100 valence electrons. The Morgan fingerprint density at radius 3 is 2.47 bits per heavy atom. The van der Waals surface area contributed by atoms with Crippen LogP contribution in [0.15, 0.2) is 24.3 Å². The zero-order chi connectivity index (χ0) is 14.2. The standard InChI is InChI=1S/C12H7ClF3IN2/c1-6-9(17)10(13)19-11(18-6)7-3-2-4-8(5-7)12(14,15)16/h2-5H,1H3.